The van der Waals surface area contributed by atoms with Crippen molar-refractivity contribution in [1.82, 2.24) is 4.98 Å². The predicted octanol–water partition coefficient (Wildman–Crippen LogP) is 4.86. The third-order valence-electron chi connectivity index (χ3n) is 3.53. The Labute approximate surface area is 155 Å². The topological polar surface area (TPSA) is 51.2 Å². The Hall–Kier alpha value is -2.31. The molecule has 0 unspecified atom stereocenters. The highest BCUT2D eigenvalue weighted by Gasteiger charge is 2.08. The SMILES string of the molecule is COc1ccc(NC(=O)CSc2nc(-c3ccc(C)cc3)cs2)cc1. The number of nitrogens with one attached hydrogen (secondary N) is 1. The average Bonchev–Trinajstić information content (AvgIpc) is 3.10. The predicted molar refractivity (Wildman–Crippen MR) is 105 cm³/mol. The number of carbonyl (C=O) groups excluding carboxylic acids is 1. The highest BCUT2D eigenvalue weighted by Crippen LogP contribution is 2.28. The van der Waals surface area contributed by atoms with Gasteiger partial charge in [0.25, 0.3) is 0 Å². The maximum Gasteiger partial charge on any atom is 0.234 e. The van der Waals surface area contributed by atoms with Gasteiger partial charge in [0.15, 0.2) is 4.34 Å². The van der Waals surface area contributed by atoms with E-state index in [-0.39, 0.29) is 5.91 Å². The fraction of sp³-hybridized carbons (Fsp3) is 0.158. The van der Waals surface area contributed by atoms with Gasteiger partial charge in [-0.05, 0) is 31.2 Å². The van der Waals surface area contributed by atoms with Crippen LogP contribution in [0.4, 0.5) is 5.69 Å². The number of amides is 1. The van der Waals surface area contributed by atoms with Crippen LogP contribution >= 0.6 is 23.1 Å². The second kappa shape index (κ2) is 8.18. The molecule has 1 aromatic heterocycles. The number of nitrogens with zero attached hydrogens (tertiary/aromatic N) is 1. The van der Waals surface area contributed by atoms with Crippen LogP contribution in [0.2, 0.25) is 0 Å². The van der Waals surface area contributed by atoms with Gasteiger partial charge in [0, 0.05) is 16.6 Å². The first-order valence-corrected chi connectivity index (χ1v) is 9.60. The van der Waals surface area contributed by atoms with E-state index in [0.29, 0.717) is 5.75 Å². The van der Waals surface area contributed by atoms with Gasteiger partial charge in [0.05, 0.1) is 18.6 Å². The Bertz CT molecular complexity index is 843. The Morgan fingerprint density at radius 3 is 2.56 bits per heavy atom. The Balaban J connectivity index is 1.54. The van der Waals surface area contributed by atoms with E-state index in [9.17, 15) is 4.79 Å². The zero-order valence-electron chi connectivity index (χ0n) is 14.0. The normalized spacial score (nSPS) is 10.5. The molecule has 4 nitrogen and oxygen atoms in total. The summed E-state index contributed by atoms with van der Waals surface area (Å²) in [5.41, 5.74) is 4.02. The van der Waals surface area contributed by atoms with Crippen molar-refractivity contribution in [3.05, 3.63) is 59.5 Å². The quantitative estimate of drug-likeness (QED) is 0.630. The van der Waals surface area contributed by atoms with Gasteiger partial charge in [-0.2, -0.15) is 0 Å². The van der Waals surface area contributed by atoms with Crippen molar-refractivity contribution in [2.45, 2.75) is 11.3 Å². The summed E-state index contributed by atoms with van der Waals surface area (Å²) in [6.45, 7) is 2.06. The number of thioether (sulfide) groups is 1. The monoisotopic (exact) mass is 370 g/mol. The summed E-state index contributed by atoms with van der Waals surface area (Å²) >= 11 is 3.00. The zero-order valence-corrected chi connectivity index (χ0v) is 15.6. The number of methoxy groups -OCH3 is 1. The van der Waals surface area contributed by atoms with Crippen LogP contribution in [0.3, 0.4) is 0 Å². The number of hydrogen-bond donors (Lipinski definition) is 1. The lowest BCUT2D eigenvalue weighted by atomic mass is 10.1. The van der Waals surface area contributed by atoms with Crippen molar-refractivity contribution >= 4 is 34.7 Å². The van der Waals surface area contributed by atoms with E-state index in [1.165, 1.54) is 17.3 Å². The Morgan fingerprint density at radius 1 is 1.16 bits per heavy atom. The molecular weight excluding hydrogens is 352 g/mol. The highest BCUT2D eigenvalue weighted by molar-refractivity contribution is 8.01. The maximum atomic E-state index is 12.1. The first-order chi connectivity index (χ1) is 12.1. The zero-order chi connectivity index (χ0) is 17.6. The standard InChI is InChI=1S/C19H18N2O2S2/c1-13-3-5-14(6-4-13)17-11-24-19(21-17)25-12-18(22)20-15-7-9-16(23-2)10-8-15/h3-11H,12H2,1-2H3,(H,20,22). The number of hydrogen-bond acceptors (Lipinski definition) is 5. The molecule has 0 spiro atoms. The summed E-state index contributed by atoms with van der Waals surface area (Å²) in [6, 6.07) is 15.5. The van der Waals surface area contributed by atoms with Crippen molar-refractivity contribution in [3.63, 3.8) is 0 Å². The summed E-state index contributed by atoms with van der Waals surface area (Å²) in [5, 5.41) is 4.89. The average molecular weight is 370 g/mol. The third-order valence-corrected chi connectivity index (χ3v) is 5.55. The molecule has 6 heteroatoms. The minimum absolute atomic E-state index is 0.0535. The molecule has 0 saturated carbocycles. The van der Waals surface area contributed by atoms with Crippen molar-refractivity contribution < 1.29 is 9.53 Å². The first-order valence-electron chi connectivity index (χ1n) is 7.73. The highest BCUT2D eigenvalue weighted by atomic mass is 32.2. The molecule has 0 aliphatic heterocycles. The van der Waals surface area contributed by atoms with Crippen LogP contribution in [-0.2, 0) is 4.79 Å². The van der Waals surface area contributed by atoms with Gasteiger partial charge >= 0.3 is 0 Å². The van der Waals surface area contributed by atoms with Crippen molar-refractivity contribution in [2.75, 3.05) is 18.2 Å². The molecule has 0 atom stereocenters. The summed E-state index contributed by atoms with van der Waals surface area (Å²) in [7, 11) is 1.61. The van der Waals surface area contributed by atoms with Crippen molar-refractivity contribution in [3.8, 4) is 17.0 Å². The van der Waals surface area contributed by atoms with E-state index in [1.54, 1.807) is 18.4 Å². The van der Waals surface area contributed by atoms with E-state index in [0.717, 1.165) is 27.0 Å². The molecule has 1 amide bonds. The molecule has 0 fully saturated rings. The number of thiazole rings is 1. The first kappa shape index (κ1) is 17.5. The van der Waals surface area contributed by atoms with Gasteiger partial charge in [0.2, 0.25) is 5.91 Å². The van der Waals surface area contributed by atoms with E-state index in [1.807, 2.05) is 29.6 Å². The summed E-state index contributed by atoms with van der Waals surface area (Å²) in [6.07, 6.45) is 0. The van der Waals surface area contributed by atoms with Crippen LogP contribution in [-0.4, -0.2) is 23.8 Å². The van der Waals surface area contributed by atoms with E-state index < -0.39 is 0 Å². The fourth-order valence-electron chi connectivity index (χ4n) is 2.18. The summed E-state index contributed by atoms with van der Waals surface area (Å²) in [4.78, 5) is 16.7. The van der Waals surface area contributed by atoms with Crippen LogP contribution < -0.4 is 10.1 Å². The largest absolute Gasteiger partial charge is 0.497 e. The molecule has 0 bridgehead atoms. The number of benzene rings is 2. The molecule has 1 heterocycles. The molecular formula is C19H18N2O2S2. The van der Waals surface area contributed by atoms with Crippen molar-refractivity contribution in [2.24, 2.45) is 0 Å². The van der Waals surface area contributed by atoms with Crippen LogP contribution in [0.5, 0.6) is 5.75 Å². The molecule has 1 N–H and O–H groups in total. The third kappa shape index (κ3) is 4.84. The molecule has 3 rings (SSSR count). The van der Waals surface area contributed by atoms with Gasteiger partial charge in [-0.3, -0.25) is 4.79 Å². The van der Waals surface area contributed by atoms with Crippen LogP contribution in [0, 0.1) is 6.92 Å². The molecule has 25 heavy (non-hydrogen) atoms. The summed E-state index contributed by atoms with van der Waals surface area (Å²) in [5.74, 6) is 1.04. The Kier molecular flexibility index (Phi) is 5.73. The minimum atomic E-state index is -0.0535. The maximum absolute atomic E-state index is 12.1. The van der Waals surface area contributed by atoms with Gasteiger partial charge < -0.3 is 10.1 Å². The number of aromatic nitrogens is 1. The second-order valence-electron chi connectivity index (χ2n) is 5.43. The smallest absolute Gasteiger partial charge is 0.234 e. The molecule has 2 aromatic carbocycles. The van der Waals surface area contributed by atoms with E-state index >= 15 is 0 Å². The molecule has 0 aliphatic rings. The van der Waals surface area contributed by atoms with Gasteiger partial charge in [-0.15, -0.1) is 11.3 Å². The lowest BCUT2D eigenvalue weighted by Gasteiger charge is -2.05. The van der Waals surface area contributed by atoms with Crippen LogP contribution in [0.1, 0.15) is 5.56 Å². The molecule has 0 saturated heterocycles. The van der Waals surface area contributed by atoms with Gasteiger partial charge in [-0.25, -0.2) is 4.98 Å². The van der Waals surface area contributed by atoms with Crippen LogP contribution in [0.15, 0.2) is 58.3 Å². The second-order valence-corrected chi connectivity index (χ2v) is 7.51. The number of rotatable bonds is 6. The van der Waals surface area contributed by atoms with E-state index in [4.69, 9.17) is 4.74 Å². The number of ether oxygens (including phenoxy) is 1. The van der Waals surface area contributed by atoms with Gasteiger partial charge in [0.1, 0.15) is 5.75 Å². The lowest BCUT2D eigenvalue weighted by molar-refractivity contribution is -0.113. The Morgan fingerprint density at radius 2 is 1.88 bits per heavy atom. The number of anilines is 1. The minimum Gasteiger partial charge on any atom is -0.497 e. The number of aryl methyl sites for hydroxylation is 1. The van der Waals surface area contributed by atoms with Crippen LogP contribution in [0.25, 0.3) is 11.3 Å². The van der Waals surface area contributed by atoms with Gasteiger partial charge in [-0.1, -0.05) is 41.6 Å². The molecule has 3 aromatic rings. The van der Waals surface area contributed by atoms with Crippen molar-refractivity contribution in [1.29, 1.82) is 0 Å². The fourth-order valence-corrected chi connectivity index (χ4v) is 3.81. The number of carbonyl (C=O) groups is 1. The molecule has 128 valence electrons. The van der Waals surface area contributed by atoms with E-state index in [2.05, 4.69) is 41.5 Å². The molecule has 0 radical (unpaired) electrons. The summed E-state index contributed by atoms with van der Waals surface area (Å²) < 4.78 is 5.99. The molecule has 0 aliphatic carbocycles. The lowest BCUT2D eigenvalue weighted by Crippen LogP contribution is -2.13.